The molecule has 1 aromatic heterocycles. The molecule has 8 nitrogen and oxygen atoms in total. The predicted octanol–water partition coefficient (Wildman–Crippen LogP) is 4.73. The molecule has 0 saturated carbocycles. The molecule has 212 valence electrons. The lowest BCUT2D eigenvalue weighted by atomic mass is 9.89. The van der Waals surface area contributed by atoms with Crippen LogP contribution in [0.4, 0.5) is 10.1 Å². The molecule has 4 aromatic rings. The Balaban J connectivity index is 1.34. The zero-order valence-corrected chi connectivity index (χ0v) is 22.7. The number of rotatable bonds is 10. The van der Waals surface area contributed by atoms with Crippen LogP contribution in [0.1, 0.15) is 29.7 Å². The maximum absolute atomic E-state index is 14.2. The molecule has 9 heteroatoms. The number of nitrogens with one attached hydrogen (secondary N) is 2. The van der Waals surface area contributed by atoms with Crippen molar-refractivity contribution >= 4 is 34.4 Å². The van der Waals surface area contributed by atoms with E-state index >= 15 is 0 Å². The number of hydrogen-bond donors (Lipinski definition) is 3. The second-order valence-electron chi connectivity index (χ2n) is 10.4. The van der Waals surface area contributed by atoms with Gasteiger partial charge in [0.15, 0.2) is 0 Å². The van der Waals surface area contributed by atoms with Gasteiger partial charge < -0.3 is 25.0 Å². The smallest absolute Gasteiger partial charge is 0.323 e. The topological polar surface area (TPSA) is 110 Å². The third kappa shape index (κ3) is 6.57. The minimum atomic E-state index is -0.972. The van der Waals surface area contributed by atoms with Gasteiger partial charge in [-0.15, -0.1) is 0 Å². The van der Waals surface area contributed by atoms with E-state index in [1.54, 1.807) is 42.0 Å². The van der Waals surface area contributed by atoms with Gasteiger partial charge in [-0.2, -0.15) is 0 Å². The summed E-state index contributed by atoms with van der Waals surface area (Å²) in [6.45, 7) is -0.212. The fourth-order valence-electron chi connectivity index (χ4n) is 5.67. The van der Waals surface area contributed by atoms with Crippen LogP contribution in [0.3, 0.4) is 0 Å². The summed E-state index contributed by atoms with van der Waals surface area (Å²) in [5.41, 5.74) is 3.91. The Bertz CT molecular complexity index is 1580. The number of ether oxygens (including phenoxy) is 1. The zero-order chi connectivity index (χ0) is 28.9. The van der Waals surface area contributed by atoms with Crippen LogP contribution in [-0.2, 0) is 40.2 Å². The Labute approximate surface area is 237 Å². The zero-order valence-electron chi connectivity index (χ0n) is 22.7. The number of aromatic nitrogens is 1. The summed E-state index contributed by atoms with van der Waals surface area (Å²) in [4.78, 5) is 38.2. The predicted molar refractivity (Wildman–Crippen MR) is 153 cm³/mol. The van der Waals surface area contributed by atoms with Crippen LogP contribution < -0.4 is 15.4 Å². The highest BCUT2D eigenvalue weighted by Crippen LogP contribution is 2.33. The molecule has 1 unspecified atom stereocenters. The minimum absolute atomic E-state index is 0.0148. The molecule has 5 rings (SSSR count). The quantitative estimate of drug-likeness (QED) is 0.261. The SMILES string of the molecule is COc1cccc(NC(=O)CC(Cc2ccccc2)C(=O)N[C@H]2CCc3c(c4cc(F)ccc4n3CC(=O)O)C2)c1. The summed E-state index contributed by atoms with van der Waals surface area (Å²) in [6, 6.07) is 20.7. The number of fused-ring (bicyclic) bond motifs is 3. The number of methoxy groups -OCH3 is 1. The Morgan fingerprint density at radius 3 is 2.63 bits per heavy atom. The van der Waals surface area contributed by atoms with Crippen LogP contribution in [-0.4, -0.2) is 40.6 Å². The maximum atomic E-state index is 14.2. The van der Waals surface area contributed by atoms with E-state index in [-0.39, 0.29) is 30.8 Å². The second kappa shape index (κ2) is 12.2. The van der Waals surface area contributed by atoms with E-state index in [1.807, 2.05) is 30.3 Å². The highest BCUT2D eigenvalue weighted by atomic mass is 19.1. The summed E-state index contributed by atoms with van der Waals surface area (Å²) in [5.74, 6) is -1.89. The van der Waals surface area contributed by atoms with Crippen molar-refractivity contribution in [2.45, 2.75) is 44.7 Å². The molecule has 0 bridgehead atoms. The van der Waals surface area contributed by atoms with Gasteiger partial charge in [-0.05, 0) is 67.1 Å². The molecule has 1 aliphatic carbocycles. The number of carboxylic acids is 1. The van der Waals surface area contributed by atoms with Gasteiger partial charge in [0.05, 0.1) is 13.0 Å². The van der Waals surface area contributed by atoms with Crippen molar-refractivity contribution in [3.63, 3.8) is 0 Å². The molecule has 3 aromatic carbocycles. The van der Waals surface area contributed by atoms with Crippen LogP contribution in [0, 0.1) is 11.7 Å². The second-order valence-corrected chi connectivity index (χ2v) is 10.4. The largest absolute Gasteiger partial charge is 0.497 e. The molecule has 1 heterocycles. The first-order valence-electron chi connectivity index (χ1n) is 13.6. The summed E-state index contributed by atoms with van der Waals surface area (Å²) >= 11 is 0. The summed E-state index contributed by atoms with van der Waals surface area (Å²) in [7, 11) is 1.55. The Morgan fingerprint density at radius 2 is 1.88 bits per heavy atom. The summed E-state index contributed by atoms with van der Waals surface area (Å²) in [6.07, 6.45) is 1.97. The molecule has 0 spiro atoms. The third-order valence-corrected chi connectivity index (χ3v) is 7.55. The van der Waals surface area contributed by atoms with Crippen molar-refractivity contribution in [3.8, 4) is 5.75 Å². The van der Waals surface area contributed by atoms with E-state index in [2.05, 4.69) is 10.6 Å². The number of hydrogen-bond acceptors (Lipinski definition) is 4. The summed E-state index contributed by atoms with van der Waals surface area (Å²) in [5, 5.41) is 16.1. The van der Waals surface area contributed by atoms with E-state index < -0.39 is 17.7 Å². The number of carboxylic acid groups (broad SMARTS) is 1. The van der Waals surface area contributed by atoms with E-state index in [1.165, 1.54) is 12.1 Å². The molecule has 41 heavy (non-hydrogen) atoms. The summed E-state index contributed by atoms with van der Waals surface area (Å²) < 4.78 is 21.1. The average molecular weight is 558 g/mol. The molecule has 0 aliphatic heterocycles. The molecule has 2 amide bonds. The average Bonchev–Trinajstić information content (AvgIpc) is 3.24. The molecule has 0 fully saturated rings. The van der Waals surface area contributed by atoms with Crippen LogP contribution in [0.15, 0.2) is 72.8 Å². The lowest BCUT2D eigenvalue weighted by Crippen LogP contribution is -2.43. The van der Waals surface area contributed by atoms with Crippen LogP contribution in [0.25, 0.3) is 10.9 Å². The minimum Gasteiger partial charge on any atom is -0.497 e. The number of amides is 2. The van der Waals surface area contributed by atoms with Gasteiger partial charge in [0.1, 0.15) is 18.1 Å². The number of nitrogens with zero attached hydrogens (tertiary/aromatic N) is 1. The maximum Gasteiger partial charge on any atom is 0.323 e. The lowest BCUT2D eigenvalue weighted by molar-refractivity contribution is -0.137. The van der Waals surface area contributed by atoms with Crippen molar-refractivity contribution in [3.05, 3.63) is 95.4 Å². The van der Waals surface area contributed by atoms with Gasteiger partial charge in [-0.1, -0.05) is 36.4 Å². The van der Waals surface area contributed by atoms with Crippen molar-refractivity contribution in [1.82, 2.24) is 9.88 Å². The lowest BCUT2D eigenvalue weighted by Gasteiger charge is -2.27. The van der Waals surface area contributed by atoms with Crippen molar-refractivity contribution < 1.29 is 28.6 Å². The van der Waals surface area contributed by atoms with Crippen LogP contribution >= 0.6 is 0 Å². The molecule has 0 saturated heterocycles. The first-order chi connectivity index (χ1) is 19.8. The van der Waals surface area contributed by atoms with Gasteiger partial charge in [-0.3, -0.25) is 14.4 Å². The molecule has 1 aliphatic rings. The molecular formula is C32H32FN3O5. The standard InChI is InChI=1S/C32H32FN3O5/c1-41-25-9-5-8-23(17-25)34-30(37)15-21(14-20-6-3-2-4-7-20)32(40)35-24-11-13-29-27(18-24)26-16-22(33)10-12-28(26)36(29)19-31(38)39/h2-10,12,16-17,21,24H,11,13-15,18-19H2,1H3,(H,34,37)(H,35,40)(H,38,39)/t21?,24-/m0/s1. The van der Waals surface area contributed by atoms with Gasteiger partial charge in [0, 0.05) is 40.8 Å². The number of carbonyl (C=O) groups is 3. The first kappa shape index (κ1) is 27.9. The van der Waals surface area contributed by atoms with Crippen molar-refractivity contribution in [1.29, 1.82) is 0 Å². The Hall–Kier alpha value is -4.66. The first-order valence-corrected chi connectivity index (χ1v) is 13.6. The van der Waals surface area contributed by atoms with Gasteiger partial charge in [0.2, 0.25) is 11.8 Å². The Kier molecular flexibility index (Phi) is 8.33. The van der Waals surface area contributed by atoms with E-state index in [9.17, 15) is 23.9 Å². The highest BCUT2D eigenvalue weighted by molar-refractivity contribution is 5.94. The molecule has 2 atom stereocenters. The highest BCUT2D eigenvalue weighted by Gasteiger charge is 2.30. The molecule has 3 N–H and O–H groups in total. The Morgan fingerprint density at radius 1 is 1.07 bits per heavy atom. The van der Waals surface area contributed by atoms with Crippen LogP contribution in [0.5, 0.6) is 5.75 Å². The number of aliphatic carboxylic acids is 1. The number of anilines is 1. The van der Waals surface area contributed by atoms with Gasteiger partial charge >= 0.3 is 5.97 Å². The normalized spacial score (nSPS) is 15.1. The number of carbonyl (C=O) groups excluding carboxylic acids is 2. The fourth-order valence-corrected chi connectivity index (χ4v) is 5.67. The van der Waals surface area contributed by atoms with E-state index in [0.717, 1.165) is 16.8 Å². The molecule has 0 radical (unpaired) electrons. The van der Waals surface area contributed by atoms with Gasteiger partial charge in [-0.25, -0.2) is 4.39 Å². The number of benzene rings is 3. The molecular weight excluding hydrogens is 525 g/mol. The van der Waals surface area contributed by atoms with Crippen molar-refractivity contribution in [2.24, 2.45) is 5.92 Å². The van der Waals surface area contributed by atoms with E-state index in [4.69, 9.17) is 4.74 Å². The third-order valence-electron chi connectivity index (χ3n) is 7.55. The van der Waals surface area contributed by atoms with Crippen molar-refractivity contribution in [2.75, 3.05) is 12.4 Å². The van der Waals surface area contributed by atoms with Crippen LogP contribution in [0.2, 0.25) is 0 Å². The van der Waals surface area contributed by atoms with E-state index in [0.29, 0.717) is 48.0 Å². The monoisotopic (exact) mass is 557 g/mol. The number of halogens is 1. The fraction of sp³-hybridized carbons (Fsp3) is 0.281. The van der Waals surface area contributed by atoms with Gasteiger partial charge in [0.25, 0.3) is 0 Å².